The Hall–Kier alpha value is -1.60. The number of carbonyl (C=O) groups is 1. The van der Waals surface area contributed by atoms with E-state index in [1.807, 2.05) is 13.8 Å². The number of nitrogens with zero attached hydrogens (tertiary/aromatic N) is 2. The van der Waals surface area contributed by atoms with Crippen LogP contribution in [-0.2, 0) is 21.2 Å². The molecule has 2 heterocycles. The highest BCUT2D eigenvalue weighted by Gasteiger charge is 2.30. The van der Waals surface area contributed by atoms with Crippen LogP contribution in [0.1, 0.15) is 32.3 Å². The molecule has 7 heteroatoms. The lowest BCUT2D eigenvalue weighted by atomic mass is 10.1. The molecule has 25 heavy (non-hydrogen) atoms. The maximum atomic E-state index is 12.9. The van der Waals surface area contributed by atoms with E-state index in [4.69, 9.17) is 4.74 Å². The zero-order valence-corrected chi connectivity index (χ0v) is 15.7. The lowest BCUT2D eigenvalue weighted by Crippen LogP contribution is -2.50. The number of piperazine rings is 1. The number of benzene rings is 1. The molecule has 1 aromatic carbocycles. The Morgan fingerprint density at radius 1 is 1.20 bits per heavy atom. The first kappa shape index (κ1) is 18.2. The summed E-state index contributed by atoms with van der Waals surface area (Å²) in [5, 5.41) is 0. The highest BCUT2D eigenvalue weighted by molar-refractivity contribution is 7.89. The van der Waals surface area contributed by atoms with Gasteiger partial charge in [0.05, 0.1) is 11.5 Å². The van der Waals surface area contributed by atoms with Gasteiger partial charge in [0, 0.05) is 32.6 Å². The third-order valence-corrected chi connectivity index (χ3v) is 6.59. The predicted molar refractivity (Wildman–Crippen MR) is 95.1 cm³/mol. The molecule has 0 N–H and O–H groups in total. The van der Waals surface area contributed by atoms with Gasteiger partial charge in [-0.1, -0.05) is 13.8 Å². The molecule has 2 aliphatic rings. The maximum absolute atomic E-state index is 12.9. The summed E-state index contributed by atoms with van der Waals surface area (Å²) in [6.07, 6.45) is 2.26. The van der Waals surface area contributed by atoms with Crippen molar-refractivity contribution in [2.75, 3.05) is 32.8 Å². The number of hydrogen-bond acceptors (Lipinski definition) is 4. The quantitative estimate of drug-likeness (QED) is 0.816. The molecule has 1 amide bonds. The summed E-state index contributed by atoms with van der Waals surface area (Å²) in [4.78, 5) is 14.2. The second kappa shape index (κ2) is 7.33. The van der Waals surface area contributed by atoms with Crippen molar-refractivity contribution < 1.29 is 17.9 Å². The minimum atomic E-state index is -3.53. The number of carbonyl (C=O) groups excluding carboxylic acids is 1. The zero-order chi connectivity index (χ0) is 18.0. The maximum Gasteiger partial charge on any atom is 0.243 e. The van der Waals surface area contributed by atoms with Crippen molar-refractivity contribution in [2.24, 2.45) is 5.92 Å². The average Bonchev–Trinajstić information content (AvgIpc) is 2.61. The fourth-order valence-corrected chi connectivity index (χ4v) is 4.78. The number of amides is 1. The first-order valence-corrected chi connectivity index (χ1v) is 10.4. The summed E-state index contributed by atoms with van der Waals surface area (Å²) in [6, 6.07) is 5.11. The molecule has 0 aliphatic carbocycles. The van der Waals surface area contributed by atoms with Crippen molar-refractivity contribution >= 4 is 15.9 Å². The first-order chi connectivity index (χ1) is 11.9. The Labute approximate surface area is 149 Å². The molecule has 0 atom stereocenters. The van der Waals surface area contributed by atoms with Gasteiger partial charge < -0.3 is 9.64 Å². The van der Waals surface area contributed by atoms with Crippen molar-refractivity contribution in [1.82, 2.24) is 9.21 Å². The van der Waals surface area contributed by atoms with Crippen LogP contribution in [0.4, 0.5) is 0 Å². The molecule has 138 valence electrons. The van der Waals surface area contributed by atoms with Crippen molar-refractivity contribution in [2.45, 2.75) is 38.0 Å². The summed E-state index contributed by atoms with van der Waals surface area (Å²) < 4.78 is 32.9. The van der Waals surface area contributed by atoms with Crippen LogP contribution in [0.25, 0.3) is 0 Å². The summed E-state index contributed by atoms with van der Waals surface area (Å²) in [6.45, 7) is 6.32. The third-order valence-electron chi connectivity index (χ3n) is 4.69. The van der Waals surface area contributed by atoms with Crippen LogP contribution in [0, 0.1) is 5.92 Å². The Balaban J connectivity index is 1.69. The van der Waals surface area contributed by atoms with Crippen LogP contribution < -0.4 is 4.74 Å². The van der Waals surface area contributed by atoms with E-state index in [0.29, 0.717) is 50.0 Å². The van der Waals surface area contributed by atoms with Gasteiger partial charge in [0.1, 0.15) is 5.75 Å². The Morgan fingerprint density at radius 3 is 2.60 bits per heavy atom. The smallest absolute Gasteiger partial charge is 0.243 e. The van der Waals surface area contributed by atoms with E-state index < -0.39 is 10.0 Å². The van der Waals surface area contributed by atoms with Crippen molar-refractivity contribution in [3.8, 4) is 5.75 Å². The summed E-state index contributed by atoms with van der Waals surface area (Å²) in [5.41, 5.74) is 0.957. The molecule has 1 aromatic rings. The summed E-state index contributed by atoms with van der Waals surface area (Å²) >= 11 is 0. The number of rotatable bonds is 4. The van der Waals surface area contributed by atoms with Crippen LogP contribution in [0.15, 0.2) is 23.1 Å². The van der Waals surface area contributed by atoms with E-state index in [9.17, 15) is 13.2 Å². The summed E-state index contributed by atoms with van der Waals surface area (Å²) in [7, 11) is -3.53. The van der Waals surface area contributed by atoms with Crippen LogP contribution in [0.3, 0.4) is 0 Å². The van der Waals surface area contributed by atoms with Crippen LogP contribution in [0.5, 0.6) is 5.75 Å². The van der Waals surface area contributed by atoms with Crippen LogP contribution in [-0.4, -0.2) is 56.3 Å². The molecular formula is C18H26N2O4S. The standard InChI is InChI=1S/C18H26N2O4S/c1-14(2)12-18(21)19-7-9-20(10-8-19)25(22,23)16-5-6-17-15(13-16)4-3-11-24-17/h5-6,13-14H,3-4,7-12H2,1-2H3. The number of aryl methyl sites for hydroxylation is 1. The molecule has 1 fully saturated rings. The molecule has 0 unspecified atom stereocenters. The fourth-order valence-electron chi connectivity index (χ4n) is 3.30. The van der Waals surface area contributed by atoms with Gasteiger partial charge in [-0.3, -0.25) is 4.79 Å². The lowest BCUT2D eigenvalue weighted by Gasteiger charge is -2.34. The van der Waals surface area contributed by atoms with E-state index in [2.05, 4.69) is 0 Å². The van der Waals surface area contributed by atoms with E-state index in [-0.39, 0.29) is 5.91 Å². The van der Waals surface area contributed by atoms with E-state index in [0.717, 1.165) is 24.2 Å². The molecule has 2 aliphatic heterocycles. The second-order valence-electron chi connectivity index (χ2n) is 7.10. The molecule has 6 nitrogen and oxygen atoms in total. The lowest BCUT2D eigenvalue weighted by molar-refractivity contribution is -0.133. The van der Waals surface area contributed by atoms with Gasteiger partial charge in [0.2, 0.25) is 15.9 Å². The van der Waals surface area contributed by atoms with Crippen molar-refractivity contribution in [1.29, 1.82) is 0 Å². The largest absolute Gasteiger partial charge is 0.493 e. The SMILES string of the molecule is CC(C)CC(=O)N1CCN(S(=O)(=O)c2ccc3c(c2)CCCO3)CC1. The van der Waals surface area contributed by atoms with Crippen LogP contribution >= 0.6 is 0 Å². The van der Waals surface area contributed by atoms with Gasteiger partial charge in [-0.15, -0.1) is 0 Å². The van der Waals surface area contributed by atoms with E-state index in [1.54, 1.807) is 23.1 Å². The van der Waals surface area contributed by atoms with Crippen molar-refractivity contribution in [3.63, 3.8) is 0 Å². The van der Waals surface area contributed by atoms with Gasteiger partial charge in [0.15, 0.2) is 0 Å². The van der Waals surface area contributed by atoms with Gasteiger partial charge >= 0.3 is 0 Å². The van der Waals surface area contributed by atoms with E-state index in [1.165, 1.54) is 4.31 Å². The Kier molecular flexibility index (Phi) is 5.34. The molecule has 0 saturated carbocycles. The predicted octanol–water partition coefficient (Wildman–Crippen LogP) is 1.89. The second-order valence-corrected chi connectivity index (χ2v) is 9.04. The Morgan fingerprint density at radius 2 is 1.92 bits per heavy atom. The molecule has 1 saturated heterocycles. The molecule has 0 spiro atoms. The fraction of sp³-hybridized carbons (Fsp3) is 0.611. The monoisotopic (exact) mass is 366 g/mol. The van der Waals surface area contributed by atoms with Gasteiger partial charge in [0.25, 0.3) is 0 Å². The Bertz CT molecular complexity index is 737. The number of ether oxygens (including phenoxy) is 1. The van der Waals surface area contributed by atoms with Crippen molar-refractivity contribution in [3.05, 3.63) is 23.8 Å². The number of hydrogen-bond donors (Lipinski definition) is 0. The number of fused-ring (bicyclic) bond motifs is 1. The molecular weight excluding hydrogens is 340 g/mol. The molecule has 0 aromatic heterocycles. The zero-order valence-electron chi connectivity index (χ0n) is 14.9. The molecule has 0 radical (unpaired) electrons. The highest BCUT2D eigenvalue weighted by atomic mass is 32.2. The average molecular weight is 366 g/mol. The topological polar surface area (TPSA) is 66.9 Å². The summed E-state index contributed by atoms with van der Waals surface area (Å²) in [5.74, 6) is 1.21. The minimum Gasteiger partial charge on any atom is -0.493 e. The van der Waals surface area contributed by atoms with Gasteiger partial charge in [-0.05, 0) is 42.5 Å². The minimum absolute atomic E-state index is 0.109. The first-order valence-electron chi connectivity index (χ1n) is 8.91. The van der Waals surface area contributed by atoms with Gasteiger partial charge in [-0.2, -0.15) is 4.31 Å². The van der Waals surface area contributed by atoms with Gasteiger partial charge in [-0.25, -0.2) is 8.42 Å². The number of sulfonamides is 1. The van der Waals surface area contributed by atoms with E-state index >= 15 is 0 Å². The molecule has 3 rings (SSSR count). The third kappa shape index (κ3) is 3.98. The van der Waals surface area contributed by atoms with Crippen LogP contribution in [0.2, 0.25) is 0 Å². The normalized spacial score (nSPS) is 18.8. The molecule has 0 bridgehead atoms. The highest BCUT2D eigenvalue weighted by Crippen LogP contribution is 2.29.